The first-order valence-electron chi connectivity index (χ1n) is 7.30. The number of benzene rings is 2. The maximum absolute atomic E-state index is 13.1. The van der Waals surface area contributed by atoms with Crippen LogP contribution in [0.15, 0.2) is 59.6 Å². The molecule has 3 rings (SSSR count). The summed E-state index contributed by atoms with van der Waals surface area (Å²) in [4.78, 5) is 4.47. The van der Waals surface area contributed by atoms with E-state index in [1.165, 1.54) is 12.1 Å². The summed E-state index contributed by atoms with van der Waals surface area (Å²) in [5.41, 5.74) is 4.78. The van der Waals surface area contributed by atoms with E-state index in [1.807, 2.05) is 44.3 Å². The van der Waals surface area contributed by atoms with Gasteiger partial charge >= 0.3 is 0 Å². The first-order valence-corrected chi connectivity index (χ1v) is 7.67. The lowest BCUT2D eigenvalue weighted by Gasteiger charge is -2.09. The Balaban J connectivity index is 1.98. The van der Waals surface area contributed by atoms with Crippen LogP contribution in [0.2, 0.25) is 5.02 Å². The average Bonchev–Trinajstić information content (AvgIpc) is 2.82. The molecule has 0 fully saturated rings. The van der Waals surface area contributed by atoms with Gasteiger partial charge in [-0.05, 0) is 56.3 Å². The molecule has 4 heteroatoms. The third-order valence-corrected chi connectivity index (χ3v) is 4.07. The van der Waals surface area contributed by atoms with Gasteiger partial charge in [0.15, 0.2) is 0 Å². The summed E-state index contributed by atoms with van der Waals surface area (Å²) in [5, 5.41) is 0.621. The second kappa shape index (κ2) is 6.39. The molecule has 0 radical (unpaired) electrons. The van der Waals surface area contributed by atoms with Crippen LogP contribution in [0.3, 0.4) is 0 Å². The van der Waals surface area contributed by atoms with E-state index in [4.69, 9.17) is 11.6 Å². The minimum Gasteiger partial charge on any atom is -0.318 e. The Morgan fingerprint density at radius 1 is 1.04 bits per heavy atom. The molecule has 0 aliphatic heterocycles. The van der Waals surface area contributed by atoms with Gasteiger partial charge in [0.25, 0.3) is 0 Å². The summed E-state index contributed by atoms with van der Waals surface area (Å²) in [5.74, 6) is -0.239. The summed E-state index contributed by atoms with van der Waals surface area (Å²) in [6.07, 6.45) is 1.81. The van der Waals surface area contributed by atoms with Crippen LogP contribution < -0.4 is 0 Å². The fourth-order valence-electron chi connectivity index (χ4n) is 2.60. The number of nitrogens with zero attached hydrogens (tertiary/aromatic N) is 2. The lowest BCUT2D eigenvalue weighted by molar-refractivity contribution is 0.627. The molecule has 0 saturated heterocycles. The summed E-state index contributed by atoms with van der Waals surface area (Å²) in [6.45, 7) is 4.04. The number of halogens is 2. The first-order chi connectivity index (χ1) is 11.1. The van der Waals surface area contributed by atoms with Crippen LogP contribution in [-0.4, -0.2) is 10.8 Å². The van der Waals surface area contributed by atoms with Gasteiger partial charge in [0.1, 0.15) is 5.82 Å². The van der Waals surface area contributed by atoms with Crippen molar-refractivity contribution in [3.05, 3.63) is 82.4 Å². The minimum absolute atomic E-state index is 0.239. The molecule has 0 aliphatic rings. The Labute approximate surface area is 139 Å². The number of para-hydroxylation sites is 1. The third kappa shape index (κ3) is 3.20. The maximum Gasteiger partial charge on any atom is 0.123 e. The molecule has 23 heavy (non-hydrogen) atoms. The number of hydrogen-bond acceptors (Lipinski definition) is 1. The largest absolute Gasteiger partial charge is 0.318 e. The van der Waals surface area contributed by atoms with E-state index in [0.717, 1.165) is 28.3 Å². The number of rotatable bonds is 3. The van der Waals surface area contributed by atoms with E-state index in [2.05, 4.69) is 15.6 Å². The molecule has 1 aromatic heterocycles. The molecule has 0 saturated carbocycles. The van der Waals surface area contributed by atoms with Crippen molar-refractivity contribution in [1.82, 2.24) is 4.57 Å². The zero-order valence-electron chi connectivity index (χ0n) is 12.9. The van der Waals surface area contributed by atoms with Gasteiger partial charge < -0.3 is 4.57 Å². The average molecular weight is 327 g/mol. The predicted octanol–water partition coefficient (Wildman–Crippen LogP) is 5.64. The molecule has 116 valence electrons. The van der Waals surface area contributed by atoms with Crippen molar-refractivity contribution in [2.45, 2.75) is 13.8 Å². The van der Waals surface area contributed by atoms with E-state index < -0.39 is 0 Å². The van der Waals surface area contributed by atoms with Crippen LogP contribution in [0.5, 0.6) is 0 Å². The Morgan fingerprint density at radius 2 is 1.74 bits per heavy atom. The Morgan fingerprint density at radius 3 is 2.43 bits per heavy atom. The number of aliphatic imine (C=N–C) groups is 1. The molecule has 0 aliphatic carbocycles. The SMILES string of the molecule is Cc1cc(C=Nc2ccccc2Cl)c(C)n1-c1ccc(F)cc1. The summed E-state index contributed by atoms with van der Waals surface area (Å²) in [6, 6.07) is 16.0. The van der Waals surface area contributed by atoms with Gasteiger partial charge in [-0.3, -0.25) is 4.99 Å². The van der Waals surface area contributed by atoms with Crippen LogP contribution in [0, 0.1) is 19.7 Å². The molecule has 2 nitrogen and oxygen atoms in total. The molecule has 0 amide bonds. The molecule has 3 aromatic rings. The maximum atomic E-state index is 13.1. The lowest BCUT2D eigenvalue weighted by atomic mass is 10.2. The quantitative estimate of drug-likeness (QED) is 0.554. The van der Waals surface area contributed by atoms with Crippen molar-refractivity contribution in [2.75, 3.05) is 0 Å². The van der Waals surface area contributed by atoms with Gasteiger partial charge in [0, 0.05) is 28.9 Å². The van der Waals surface area contributed by atoms with Gasteiger partial charge in [-0.2, -0.15) is 0 Å². The topological polar surface area (TPSA) is 17.3 Å². The third-order valence-electron chi connectivity index (χ3n) is 3.75. The van der Waals surface area contributed by atoms with Crippen LogP contribution in [0.1, 0.15) is 17.0 Å². The number of aromatic nitrogens is 1. The highest BCUT2D eigenvalue weighted by Crippen LogP contribution is 2.25. The van der Waals surface area contributed by atoms with Crippen LogP contribution >= 0.6 is 11.6 Å². The van der Waals surface area contributed by atoms with E-state index in [1.54, 1.807) is 12.1 Å². The zero-order chi connectivity index (χ0) is 16.4. The highest BCUT2D eigenvalue weighted by atomic mass is 35.5. The molecule has 0 N–H and O–H groups in total. The molecule has 2 aromatic carbocycles. The molecular formula is C19H16ClFN2. The second-order valence-electron chi connectivity index (χ2n) is 5.35. The van der Waals surface area contributed by atoms with E-state index in [9.17, 15) is 4.39 Å². The van der Waals surface area contributed by atoms with Crippen LogP contribution in [0.25, 0.3) is 5.69 Å². The minimum atomic E-state index is -0.239. The van der Waals surface area contributed by atoms with Gasteiger partial charge in [-0.1, -0.05) is 23.7 Å². The van der Waals surface area contributed by atoms with Gasteiger partial charge in [-0.25, -0.2) is 4.39 Å². The second-order valence-corrected chi connectivity index (χ2v) is 5.76. The molecule has 0 spiro atoms. The highest BCUT2D eigenvalue weighted by Gasteiger charge is 2.09. The first kappa shape index (κ1) is 15.5. The van der Waals surface area contributed by atoms with Crippen LogP contribution in [-0.2, 0) is 0 Å². The fourth-order valence-corrected chi connectivity index (χ4v) is 2.79. The van der Waals surface area contributed by atoms with Crippen molar-refractivity contribution in [3.8, 4) is 5.69 Å². The van der Waals surface area contributed by atoms with Gasteiger partial charge in [-0.15, -0.1) is 0 Å². The van der Waals surface area contributed by atoms with Crippen molar-refractivity contribution in [2.24, 2.45) is 4.99 Å². The monoisotopic (exact) mass is 326 g/mol. The lowest BCUT2D eigenvalue weighted by Crippen LogP contribution is -1.99. The van der Waals surface area contributed by atoms with Crippen molar-refractivity contribution in [3.63, 3.8) is 0 Å². The molecule has 0 atom stereocenters. The predicted molar refractivity (Wildman–Crippen MR) is 93.9 cm³/mol. The van der Waals surface area contributed by atoms with Crippen LogP contribution in [0.4, 0.5) is 10.1 Å². The van der Waals surface area contributed by atoms with E-state index in [0.29, 0.717) is 5.02 Å². The summed E-state index contributed by atoms with van der Waals surface area (Å²) in [7, 11) is 0. The molecular weight excluding hydrogens is 311 g/mol. The highest BCUT2D eigenvalue weighted by molar-refractivity contribution is 6.33. The van der Waals surface area contributed by atoms with Crippen molar-refractivity contribution in [1.29, 1.82) is 0 Å². The van der Waals surface area contributed by atoms with Gasteiger partial charge in [0.2, 0.25) is 0 Å². The molecule has 0 unspecified atom stereocenters. The number of hydrogen-bond donors (Lipinski definition) is 0. The summed E-state index contributed by atoms with van der Waals surface area (Å²) >= 11 is 6.12. The smallest absolute Gasteiger partial charge is 0.123 e. The van der Waals surface area contributed by atoms with Crippen molar-refractivity contribution >= 4 is 23.5 Å². The zero-order valence-corrected chi connectivity index (χ0v) is 13.7. The standard InChI is InChI=1S/C19H16ClFN2/c1-13-11-15(12-22-19-6-4-3-5-18(19)20)14(2)23(13)17-9-7-16(21)8-10-17/h3-12H,1-2H3. The van der Waals surface area contributed by atoms with E-state index in [-0.39, 0.29) is 5.82 Å². The number of aryl methyl sites for hydroxylation is 1. The Hall–Kier alpha value is -2.39. The normalized spacial score (nSPS) is 11.3. The fraction of sp³-hybridized carbons (Fsp3) is 0.105. The van der Waals surface area contributed by atoms with E-state index >= 15 is 0 Å². The Kier molecular flexibility index (Phi) is 4.30. The Bertz CT molecular complexity index is 864. The van der Waals surface area contributed by atoms with Crippen molar-refractivity contribution < 1.29 is 4.39 Å². The molecule has 1 heterocycles. The summed E-state index contributed by atoms with van der Waals surface area (Å²) < 4.78 is 15.2. The molecule has 0 bridgehead atoms. The van der Waals surface area contributed by atoms with Gasteiger partial charge in [0.05, 0.1) is 10.7 Å².